The average molecular weight is 1430 g/mol. The molecule has 22 nitrogen and oxygen atoms in total. The van der Waals surface area contributed by atoms with Crippen LogP contribution < -0.4 is 18.9 Å². The molecule has 0 amide bonds. The highest BCUT2D eigenvalue weighted by Crippen LogP contribution is 2.23. The third-order valence-corrected chi connectivity index (χ3v) is 16.1. The van der Waals surface area contributed by atoms with Gasteiger partial charge in [0.2, 0.25) is 0 Å². The van der Waals surface area contributed by atoms with Gasteiger partial charge in [-0.15, -0.1) is 0 Å². The van der Waals surface area contributed by atoms with Gasteiger partial charge >= 0.3 is 59.7 Å². The van der Waals surface area contributed by atoms with Gasteiger partial charge in [0.15, 0.2) is 0 Å². The van der Waals surface area contributed by atoms with Gasteiger partial charge in [-0.05, 0) is 234 Å². The van der Waals surface area contributed by atoms with Gasteiger partial charge in [-0.3, -0.25) is 33.6 Å². The van der Waals surface area contributed by atoms with Crippen LogP contribution in [0.5, 0.6) is 23.0 Å². The molecule has 102 heavy (non-hydrogen) atoms. The number of hydrogen-bond acceptors (Lipinski definition) is 22. The first-order valence-electron chi connectivity index (χ1n) is 37.5. The average Bonchev–Trinajstić information content (AvgIpc) is 0.874. The second-order valence-electron chi connectivity index (χ2n) is 25.3. The Balaban J connectivity index is 0.992. The van der Waals surface area contributed by atoms with Crippen LogP contribution in [0.3, 0.4) is 0 Å². The molecule has 0 radical (unpaired) electrons. The van der Waals surface area contributed by atoms with E-state index in [0.29, 0.717) is 202 Å². The Kier molecular flexibility index (Phi) is 51.1. The third-order valence-electron chi connectivity index (χ3n) is 16.1. The third kappa shape index (κ3) is 48.5. The van der Waals surface area contributed by atoms with Crippen molar-refractivity contribution in [3.8, 4) is 23.0 Å². The van der Waals surface area contributed by atoms with Crippen molar-refractivity contribution in [1.29, 1.82) is 0 Å². The summed E-state index contributed by atoms with van der Waals surface area (Å²) in [6.07, 6.45) is 26.5. The van der Waals surface area contributed by atoms with Crippen LogP contribution in [0.1, 0.15) is 279 Å². The second-order valence-corrected chi connectivity index (χ2v) is 25.3. The van der Waals surface area contributed by atoms with E-state index in [1.165, 1.54) is 12.8 Å². The maximum atomic E-state index is 12.8. The van der Waals surface area contributed by atoms with E-state index in [1.807, 2.05) is 0 Å². The summed E-state index contributed by atoms with van der Waals surface area (Å²) in [5.41, 5.74) is 1.12. The van der Waals surface area contributed by atoms with Gasteiger partial charge in [0.05, 0.1) is 77.2 Å². The highest BCUT2D eigenvalue weighted by Gasteiger charge is 2.15. The van der Waals surface area contributed by atoms with E-state index in [1.54, 1.807) is 79.7 Å². The summed E-state index contributed by atoms with van der Waals surface area (Å²) in [4.78, 5) is 121. The molecule has 0 unspecified atom stereocenters. The Morgan fingerprint density at radius 1 is 0.255 bits per heavy atom. The zero-order chi connectivity index (χ0) is 73.7. The largest absolute Gasteiger partial charge is 0.494 e. The lowest BCUT2D eigenvalue weighted by Crippen LogP contribution is -2.09. The molecule has 22 heteroatoms. The maximum Gasteiger partial charge on any atom is 0.343 e. The predicted octanol–water partition coefficient (Wildman–Crippen LogP) is 16.6. The van der Waals surface area contributed by atoms with Crippen molar-refractivity contribution in [3.05, 3.63) is 96.1 Å². The monoisotopic (exact) mass is 1430 g/mol. The number of ether oxygens (including phenoxy) is 12. The molecule has 3 aromatic carbocycles. The summed E-state index contributed by atoms with van der Waals surface area (Å²) in [6.45, 7) is 10.9. The molecule has 0 heterocycles. The summed E-state index contributed by atoms with van der Waals surface area (Å²) in [5, 5.41) is 0. The first-order valence-corrected chi connectivity index (χ1v) is 37.5. The fourth-order valence-corrected chi connectivity index (χ4v) is 10.0. The van der Waals surface area contributed by atoms with Crippen molar-refractivity contribution in [1.82, 2.24) is 0 Å². The van der Waals surface area contributed by atoms with Gasteiger partial charge in [0, 0.05) is 50.5 Å². The first kappa shape index (κ1) is 87.9. The van der Waals surface area contributed by atoms with Crippen molar-refractivity contribution in [2.24, 2.45) is 0 Å². The fourth-order valence-electron chi connectivity index (χ4n) is 10.0. The Morgan fingerprint density at radius 2 is 0.461 bits per heavy atom. The van der Waals surface area contributed by atoms with E-state index in [-0.39, 0.29) is 80.9 Å². The van der Waals surface area contributed by atoms with E-state index < -0.39 is 17.9 Å². The van der Waals surface area contributed by atoms with Crippen LogP contribution in [0.4, 0.5) is 0 Å². The van der Waals surface area contributed by atoms with Gasteiger partial charge < -0.3 is 56.8 Å². The Labute approximate surface area is 604 Å². The van der Waals surface area contributed by atoms with Gasteiger partial charge in [-0.25, -0.2) is 14.4 Å². The normalized spacial score (nSPS) is 10.8. The van der Waals surface area contributed by atoms with Gasteiger partial charge in [-0.2, -0.15) is 0 Å². The summed E-state index contributed by atoms with van der Waals surface area (Å²) in [6, 6.07) is 19.9. The molecule has 0 N–H and O–H groups in total. The number of unbranched alkanes of at least 4 members (excludes halogenated alkanes) is 22. The summed E-state index contributed by atoms with van der Waals surface area (Å²) in [7, 11) is 0. The molecule has 0 aliphatic carbocycles. The molecule has 0 spiro atoms. The quantitative estimate of drug-likeness (QED) is 0.0167. The van der Waals surface area contributed by atoms with Crippen LogP contribution in [0.25, 0.3) is 0 Å². The molecule has 568 valence electrons. The van der Waals surface area contributed by atoms with Crippen LogP contribution in [-0.2, 0) is 76.3 Å². The molecule has 0 aliphatic heterocycles. The molecule has 0 fully saturated rings. The summed E-state index contributed by atoms with van der Waals surface area (Å²) in [5.74, 6) is -1.30. The van der Waals surface area contributed by atoms with Gasteiger partial charge in [-0.1, -0.05) is 58.4 Å². The summed E-state index contributed by atoms with van der Waals surface area (Å²) >= 11 is 0. The number of carbonyl (C=O) groups excluding carboxylic acids is 10. The highest BCUT2D eigenvalue weighted by atomic mass is 16.6. The fraction of sp³-hybridized carbons (Fsp3) is 0.625. The molecular weight excluding hydrogens is 1310 g/mol. The van der Waals surface area contributed by atoms with E-state index in [9.17, 15) is 47.9 Å². The summed E-state index contributed by atoms with van der Waals surface area (Å²) < 4.78 is 64.8. The molecule has 3 rings (SSSR count). The van der Waals surface area contributed by atoms with Crippen molar-refractivity contribution in [3.63, 3.8) is 0 Å². The Bertz CT molecular complexity index is 2830. The van der Waals surface area contributed by atoms with Crippen LogP contribution in [0.15, 0.2) is 84.9 Å². The molecule has 0 saturated heterocycles. The van der Waals surface area contributed by atoms with Crippen LogP contribution in [0.2, 0.25) is 0 Å². The molecule has 0 aliphatic rings. The van der Waals surface area contributed by atoms with E-state index in [2.05, 4.69) is 13.5 Å². The number of carbonyl (C=O) groups is 10. The first-order chi connectivity index (χ1) is 49.6. The highest BCUT2D eigenvalue weighted by molar-refractivity contribution is 5.92. The standard InChI is InChI=1S/C80H116O22/c1-4-5-6-25-54-91-67-46-42-65(43-47-67)79(89)101-69-50-52-70(53-51-69)102-80(90)66-44-48-68(49-45-66)92-55-26-9-7-8-10-27-56-93-71(81)35-18-11-28-57-94-72(82)36-19-12-29-58-95-73(83)37-20-13-30-59-96-74(84)38-21-14-31-60-97-75(85)39-22-15-32-61-98-76(86)40-23-16-33-62-99-77(87)41-24-17-34-63-100-78(88)64(2)3/h42-53H,2,4-41,54-63H2,1,3H3. The van der Waals surface area contributed by atoms with Gasteiger partial charge in [0.25, 0.3) is 0 Å². The maximum absolute atomic E-state index is 12.8. The predicted molar refractivity (Wildman–Crippen MR) is 384 cm³/mol. The minimum absolute atomic E-state index is 0.216. The Hall–Kier alpha value is -8.30. The second kappa shape index (κ2) is 59.3. The molecule has 0 aromatic heterocycles. The number of hydrogen-bond donors (Lipinski definition) is 0. The van der Waals surface area contributed by atoms with Crippen LogP contribution in [0, 0.1) is 0 Å². The molecular formula is C80H116O22. The van der Waals surface area contributed by atoms with Crippen molar-refractivity contribution < 1.29 is 105 Å². The number of benzene rings is 3. The van der Waals surface area contributed by atoms with E-state index in [0.717, 1.165) is 96.3 Å². The van der Waals surface area contributed by atoms with Crippen LogP contribution in [-0.4, -0.2) is 126 Å². The number of rotatable bonds is 63. The molecule has 0 saturated carbocycles. The van der Waals surface area contributed by atoms with Gasteiger partial charge in [0.1, 0.15) is 23.0 Å². The van der Waals surface area contributed by atoms with E-state index in [4.69, 9.17) is 56.8 Å². The minimum atomic E-state index is -0.527. The molecule has 3 aromatic rings. The topological polar surface area (TPSA) is 281 Å². The molecule has 0 atom stereocenters. The van der Waals surface area contributed by atoms with E-state index >= 15 is 0 Å². The smallest absolute Gasteiger partial charge is 0.343 e. The number of esters is 10. The lowest BCUT2D eigenvalue weighted by molar-refractivity contribution is -0.146. The molecule has 0 bridgehead atoms. The zero-order valence-corrected chi connectivity index (χ0v) is 61.1. The van der Waals surface area contributed by atoms with Crippen LogP contribution >= 0.6 is 0 Å². The zero-order valence-electron chi connectivity index (χ0n) is 61.1. The SMILES string of the molecule is C=C(C)C(=O)OCCCCCC(=O)OCCCCCC(=O)OCCCCCC(=O)OCCCCCC(=O)OCCCCCC(=O)OCCCCCC(=O)OCCCCCC(=O)OCCCCCCCCOc1ccc(C(=O)Oc2ccc(OC(=O)c3ccc(OCCCCCC)cc3)cc2)cc1. The minimum Gasteiger partial charge on any atom is -0.494 e. The van der Waals surface area contributed by atoms with Crippen molar-refractivity contribution in [2.45, 2.75) is 258 Å². The van der Waals surface area contributed by atoms with Crippen molar-refractivity contribution in [2.75, 3.05) is 66.1 Å². The lowest BCUT2D eigenvalue weighted by Gasteiger charge is -2.09. The Morgan fingerprint density at radius 3 is 0.706 bits per heavy atom. The lowest BCUT2D eigenvalue weighted by atomic mass is 10.1. The van der Waals surface area contributed by atoms with Crippen molar-refractivity contribution >= 4 is 59.7 Å².